The molecule has 1 aromatic rings. The third kappa shape index (κ3) is 4.60. The lowest BCUT2D eigenvalue weighted by Gasteiger charge is -2.25. The van der Waals surface area contributed by atoms with Gasteiger partial charge in [-0.2, -0.15) is 0 Å². The predicted octanol–water partition coefficient (Wildman–Crippen LogP) is 3.49. The number of carbonyl (C=O) groups is 3. The molecule has 1 atom stereocenters. The van der Waals surface area contributed by atoms with Gasteiger partial charge in [0.15, 0.2) is 0 Å². The fourth-order valence-electron chi connectivity index (χ4n) is 3.09. The van der Waals surface area contributed by atoms with Crippen LogP contribution in [0.2, 0.25) is 5.02 Å². The summed E-state index contributed by atoms with van der Waals surface area (Å²) in [6, 6.07) is 4.17. The molecule has 0 saturated carbocycles. The van der Waals surface area contributed by atoms with Crippen LogP contribution in [0.25, 0.3) is 0 Å². The van der Waals surface area contributed by atoms with Gasteiger partial charge in [-0.15, -0.1) is 6.58 Å². The zero-order valence-corrected chi connectivity index (χ0v) is 16.2. The van der Waals surface area contributed by atoms with E-state index in [9.17, 15) is 14.4 Å². The zero-order chi connectivity index (χ0) is 20.0. The number of esters is 2. The maximum absolute atomic E-state index is 12.6. The minimum absolute atomic E-state index is 0.175. The van der Waals surface area contributed by atoms with Crippen LogP contribution >= 0.6 is 11.6 Å². The Bertz CT molecular complexity index is 752. The first kappa shape index (κ1) is 20.8. The van der Waals surface area contributed by atoms with Gasteiger partial charge in [-0.25, -0.2) is 9.59 Å². The third-order valence-electron chi connectivity index (χ3n) is 4.51. The maximum atomic E-state index is 12.6. The number of hydrogen-bond donors (Lipinski definition) is 1. The van der Waals surface area contributed by atoms with Gasteiger partial charge < -0.3 is 19.7 Å². The summed E-state index contributed by atoms with van der Waals surface area (Å²) in [5.74, 6) is -0.869. The van der Waals surface area contributed by atoms with Crippen molar-refractivity contribution in [1.29, 1.82) is 0 Å². The second-order valence-corrected chi connectivity index (χ2v) is 6.69. The highest BCUT2D eigenvalue weighted by molar-refractivity contribution is 6.34. The molecule has 1 N–H and O–H groups in total. The van der Waals surface area contributed by atoms with Gasteiger partial charge in [0.2, 0.25) is 0 Å². The van der Waals surface area contributed by atoms with Crippen LogP contribution in [-0.4, -0.2) is 49.7 Å². The van der Waals surface area contributed by atoms with Crippen molar-refractivity contribution in [3.63, 3.8) is 0 Å². The topological polar surface area (TPSA) is 84.9 Å². The number of amides is 2. The van der Waals surface area contributed by atoms with Crippen molar-refractivity contribution in [3.05, 3.63) is 41.4 Å². The van der Waals surface area contributed by atoms with Crippen molar-refractivity contribution in [2.75, 3.05) is 32.1 Å². The van der Waals surface area contributed by atoms with Gasteiger partial charge in [0.1, 0.15) is 0 Å². The van der Waals surface area contributed by atoms with Crippen molar-refractivity contribution < 1.29 is 23.9 Å². The van der Waals surface area contributed by atoms with Crippen molar-refractivity contribution in [2.45, 2.75) is 19.8 Å². The van der Waals surface area contributed by atoms with Crippen LogP contribution in [0.4, 0.5) is 10.5 Å². The second-order valence-electron chi connectivity index (χ2n) is 6.28. The average molecular weight is 395 g/mol. The van der Waals surface area contributed by atoms with E-state index in [2.05, 4.69) is 16.6 Å². The van der Waals surface area contributed by atoms with E-state index in [1.165, 1.54) is 19.2 Å². The number of benzene rings is 1. The van der Waals surface area contributed by atoms with Gasteiger partial charge in [-0.3, -0.25) is 4.79 Å². The Morgan fingerprint density at radius 2 is 2.15 bits per heavy atom. The molecule has 27 heavy (non-hydrogen) atoms. The summed E-state index contributed by atoms with van der Waals surface area (Å²) in [5, 5.41) is 2.91. The molecule has 1 aliphatic rings. The van der Waals surface area contributed by atoms with Crippen LogP contribution in [0.15, 0.2) is 30.9 Å². The molecule has 0 bridgehead atoms. The molecular weight excluding hydrogens is 372 g/mol. The number of hydrogen-bond acceptors (Lipinski definition) is 5. The van der Waals surface area contributed by atoms with Crippen molar-refractivity contribution in [2.24, 2.45) is 5.41 Å². The lowest BCUT2D eigenvalue weighted by atomic mass is 9.83. The number of urea groups is 1. The van der Waals surface area contributed by atoms with Crippen molar-refractivity contribution in [3.8, 4) is 0 Å². The number of nitrogens with one attached hydrogen (secondary N) is 1. The molecule has 0 radical (unpaired) electrons. The highest BCUT2D eigenvalue weighted by atomic mass is 35.5. The number of nitrogens with zero attached hydrogens (tertiary/aromatic N) is 1. The number of likely N-dealkylation sites (tertiary alicyclic amines) is 1. The molecule has 1 fully saturated rings. The molecule has 7 nitrogen and oxygen atoms in total. The van der Waals surface area contributed by atoms with Crippen LogP contribution in [0.1, 0.15) is 30.1 Å². The highest BCUT2D eigenvalue weighted by Crippen LogP contribution is 2.36. The predicted molar refractivity (Wildman–Crippen MR) is 102 cm³/mol. The lowest BCUT2D eigenvalue weighted by Crippen LogP contribution is -2.39. The molecule has 2 amide bonds. The Hall–Kier alpha value is -2.54. The summed E-state index contributed by atoms with van der Waals surface area (Å²) in [7, 11) is 1.26. The minimum atomic E-state index is -0.762. The van der Waals surface area contributed by atoms with Gasteiger partial charge in [-0.05, 0) is 38.0 Å². The number of allylic oxidation sites excluding steroid dienone is 1. The molecule has 0 spiro atoms. The average Bonchev–Trinajstić information content (AvgIpc) is 3.07. The fraction of sp³-hybridized carbons (Fsp3) is 0.421. The molecule has 2 rings (SSSR count). The molecule has 1 heterocycles. The van der Waals surface area contributed by atoms with Gasteiger partial charge in [-0.1, -0.05) is 17.7 Å². The molecule has 0 aromatic heterocycles. The van der Waals surface area contributed by atoms with E-state index >= 15 is 0 Å². The minimum Gasteiger partial charge on any atom is -0.466 e. The smallest absolute Gasteiger partial charge is 0.339 e. The largest absolute Gasteiger partial charge is 0.466 e. The summed E-state index contributed by atoms with van der Waals surface area (Å²) in [4.78, 5) is 38.1. The molecule has 1 aliphatic heterocycles. The Labute approximate surface area is 163 Å². The van der Waals surface area contributed by atoms with E-state index in [1.54, 1.807) is 24.0 Å². The monoisotopic (exact) mass is 394 g/mol. The maximum Gasteiger partial charge on any atom is 0.339 e. The van der Waals surface area contributed by atoms with E-state index in [0.29, 0.717) is 25.1 Å². The molecule has 1 saturated heterocycles. The second kappa shape index (κ2) is 8.90. The Morgan fingerprint density at radius 3 is 2.74 bits per heavy atom. The number of rotatable bonds is 6. The highest BCUT2D eigenvalue weighted by Gasteiger charge is 2.46. The van der Waals surface area contributed by atoms with Crippen LogP contribution in [0, 0.1) is 5.41 Å². The van der Waals surface area contributed by atoms with Gasteiger partial charge in [0.05, 0.1) is 29.7 Å². The van der Waals surface area contributed by atoms with Crippen molar-refractivity contribution >= 4 is 35.3 Å². The Kier molecular flexibility index (Phi) is 6.85. The van der Waals surface area contributed by atoms with Crippen LogP contribution in [-0.2, 0) is 14.3 Å². The van der Waals surface area contributed by atoms with Gasteiger partial charge in [0, 0.05) is 18.8 Å². The summed E-state index contributed by atoms with van der Waals surface area (Å²) in [5.41, 5.74) is -0.109. The number of halogens is 1. The first-order valence-electron chi connectivity index (χ1n) is 8.58. The van der Waals surface area contributed by atoms with Gasteiger partial charge in [0.25, 0.3) is 0 Å². The Balaban J connectivity index is 2.08. The first-order valence-corrected chi connectivity index (χ1v) is 8.96. The van der Waals surface area contributed by atoms with E-state index in [1.807, 2.05) is 0 Å². The standard InChI is InChI=1S/C19H23ClN2O5/c1-4-8-19(17(24)27-5-2)9-10-22(12-19)18(25)21-13-6-7-14(15(20)11-13)16(23)26-3/h4,6-7,11H,1,5,8-10,12H2,2-3H3,(H,21,25). The molecule has 146 valence electrons. The molecule has 8 heteroatoms. The zero-order valence-electron chi connectivity index (χ0n) is 15.4. The molecule has 1 aromatic carbocycles. The summed E-state index contributed by atoms with van der Waals surface area (Å²) >= 11 is 6.07. The van der Waals surface area contributed by atoms with E-state index < -0.39 is 11.4 Å². The number of ether oxygens (including phenoxy) is 2. The lowest BCUT2D eigenvalue weighted by molar-refractivity contribution is -0.154. The van der Waals surface area contributed by atoms with E-state index in [4.69, 9.17) is 16.3 Å². The first-order chi connectivity index (χ1) is 12.9. The van der Waals surface area contributed by atoms with E-state index in [-0.39, 0.29) is 35.7 Å². The number of carbonyl (C=O) groups excluding carboxylic acids is 3. The SMILES string of the molecule is C=CCC1(C(=O)OCC)CCN(C(=O)Nc2ccc(C(=O)OC)c(Cl)c2)C1. The summed E-state index contributed by atoms with van der Waals surface area (Å²) in [6.07, 6.45) is 2.62. The quantitative estimate of drug-likeness (QED) is 0.589. The summed E-state index contributed by atoms with van der Waals surface area (Å²) in [6.45, 7) is 6.42. The normalized spacial score (nSPS) is 18.7. The third-order valence-corrected chi connectivity index (χ3v) is 4.82. The van der Waals surface area contributed by atoms with Crippen molar-refractivity contribution in [1.82, 2.24) is 4.90 Å². The summed E-state index contributed by atoms with van der Waals surface area (Å²) < 4.78 is 9.82. The molecule has 0 aliphatic carbocycles. The van der Waals surface area contributed by atoms with Gasteiger partial charge >= 0.3 is 18.0 Å². The van der Waals surface area contributed by atoms with Crippen LogP contribution < -0.4 is 5.32 Å². The van der Waals surface area contributed by atoms with E-state index in [0.717, 1.165) is 0 Å². The van der Waals surface area contributed by atoms with Crippen LogP contribution in [0.5, 0.6) is 0 Å². The van der Waals surface area contributed by atoms with Crippen LogP contribution in [0.3, 0.4) is 0 Å². The molecular formula is C19H23ClN2O5. The molecule has 1 unspecified atom stereocenters. The number of methoxy groups -OCH3 is 1. The fourth-order valence-corrected chi connectivity index (χ4v) is 3.35. The Morgan fingerprint density at radius 1 is 1.41 bits per heavy atom. The number of anilines is 1.